The quantitative estimate of drug-likeness (QED) is 0.891. The van der Waals surface area contributed by atoms with Crippen LogP contribution in [0, 0.1) is 11.3 Å². The van der Waals surface area contributed by atoms with Gasteiger partial charge in [-0.05, 0) is 41.2 Å². The summed E-state index contributed by atoms with van der Waals surface area (Å²) in [5.41, 5.74) is 3.48. The van der Waals surface area contributed by atoms with Gasteiger partial charge in [-0.2, -0.15) is 5.26 Å². The van der Waals surface area contributed by atoms with Crippen molar-refractivity contribution in [2.45, 2.75) is 32.1 Å². The SMILES string of the molecule is CC(C)c1ccc(CC(C#N)c2ccc(C(=O)O)cc2)cc1. The van der Waals surface area contributed by atoms with Crippen LogP contribution in [0.2, 0.25) is 0 Å². The maximum Gasteiger partial charge on any atom is 0.335 e. The Hall–Kier alpha value is -2.60. The number of carboxylic acid groups (broad SMARTS) is 1. The third-order valence-corrected chi connectivity index (χ3v) is 3.80. The van der Waals surface area contributed by atoms with Crippen LogP contribution in [0.25, 0.3) is 0 Å². The lowest BCUT2D eigenvalue weighted by Crippen LogP contribution is -2.02. The van der Waals surface area contributed by atoms with Gasteiger partial charge in [-0.3, -0.25) is 0 Å². The molecule has 3 heteroatoms. The molecular weight excluding hydrogens is 274 g/mol. The van der Waals surface area contributed by atoms with Crippen molar-refractivity contribution in [1.29, 1.82) is 5.26 Å². The normalized spacial score (nSPS) is 11.9. The van der Waals surface area contributed by atoms with E-state index in [0.29, 0.717) is 12.3 Å². The number of hydrogen-bond donors (Lipinski definition) is 1. The molecule has 112 valence electrons. The summed E-state index contributed by atoms with van der Waals surface area (Å²) in [6.07, 6.45) is 0.626. The number of nitrogens with zero attached hydrogens (tertiary/aromatic N) is 1. The van der Waals surface area contributed by atoms with Crippen LogP contribution in [0.3, 0.4) is 0 Å². The number of carboxylic acids is 1. The van der Waals surface area contributed by atoms with Crippen LogP contribution in [0.15, 0.2) is 48.5 Å². The van der Waals surface area contributed by atoms with Crippen molar-refractivity contribution in [3.8, 4) is 6.07 Å². The summed E-state index contributed by atoms with van der Waals surface area (Å²) < 4.78 is 0. The van der Waals surface area contributed by atoms with Crippen molar-refractivity contribution < 1.29 is 9.90 Å². The van der Waals surface area contributed by atoms with E-state index in [1.807, 2.05) is 0 Å². The molecule has 0 saturated heterocycles. The van der Waals surface area contributed by atoms with Gasteiger partial charge in [-0.1, -0.05) is 50.2 Å². The highest BCUT2D eigenvalue weighted by Gasteiger charge is 2.13. The Morgan fingerprint density at radius 1 is 1.05 bits per heavy atom. The minimum absolute atomic E-state index is 0.238. The van der Waals surface area contributed by atoms with Crippen molar-refractivity contribution in [3.63, 3.8) is 0 Å². The van der Waals surface area contributed by atoms with Gasteiger partial charge in [0.15, 0.2) is 0 Å². The van der Waals surface area contributed by atoms with Gasteiger partial charge in [0.25, 0.3) is 0 Å². The average molecular weight is 293 g/mol. The molecule has 0 aliphatic heterocycles. The molecule has 1 unspecified atom stereocenters. The average Bonchev–Trinajstić information content (AvgIpc) is 2.53. The molecule has 3 nitrogen and oxygen atoms in total. The first-order valence-electron chi connectivity index (χ1n) is 7.33. The van der Waals surface area contributed by atoms with Crippen LogP contribution in [0.1, 0.15) is 52.7 Å². The Morgan fingerprint density at radius 2 is 1.59 bits per heavy atom. The maximum atomic E-state index is 10.9. The van der Waals surface area contributed by atoms with Crippen molar-refractivity contribution in [2.24, 2.45) is 0 Å². The van der Waals surface area contributed by atoms with Crippen LogP contribution in [-0.2, 0) is 6.42 Å². The molecule has 0 radical (unpaired) electrons. The summed E-state index contributed by atoms with van der Waals surface area (Å²) in [7, 11) is 0. The lowest BCUT2D eigenvalue weighted by Gasteiger charge is -2.11. The Bertz CT molecular complexity index is 679. The first kappa shape index (κ1) is 15.8. The second kappa shape index (κ2) is 6.91. The van der Waals surface area contributed by atoms with E-state index >= 15 is 0 Å². The van der Waals surface area contributed by atoms with Gasteiger partial charge in [-0.25, -0.2) is 4.79 Å². The van der Waals surface area contributed by atoms with Crippen LogP contribution >= 0.6 is 0 Å². The molecule has 0 aliphatic rings. The smallest absolute Gasteiger partial charge is 0.335 e. The zero-order chi connectivity index (χ0) is 16.1. The lowest BCUT2D eigenvalue weighted by molar-refractivity contribution is 0.0697. The van der Waals surface area contributed by atoms with Crippen molar-refractivity contribution in [1.82, 2.24) is 0 Å². The number of carbonyl (C=O) groups is 1. The second-order valence-corrected chi connectivity index (χ2v) is 5.71. The molecule has 0 saturated carbocycles. The Morgan fingerprint density at radius 3 is 2.05 bits per heavy atom. The van der Waals surface area contributed by atoms with Gasteiger partial charge in [-0.15, -0.1) is 0 Å². The fraction of sp³-hybridized carbons (Fsp3) is 0.263. The van der Waals surface area contributed by atoms with E-state index < -0.39 is 5.97 Å². The first-order chi connectivity index (χ1) is 10.5. The highest BCUT2D eigenvalue weighted by atomic mass is 16.4. The van der Waals surface area contributed by atoms with E-state index in [1.165, 1.54) is 5.56 Å². The molecule has 2 aromatic carbocycles. The molecule has 2 rings (SSSR count). The number of rotatable bonds is 5. The molecule has 0 heterocycles. The number of aromatic carboxylic acids is 1. The summed E-state index contributed by atoms with van der Waals surface area (Å²) in [4.78, 5) is 10.9. The fourth-order valence-electron chi connectivity index (χ4n) is 2.37. The topological polar surface area (TPSA) is 61.1 Å². The highest BCUT2D eigenvalue weighted by molar-refractivity contribution is 5.87. The third kappa shape index (κ3) is 3.73. The van der Waals surface area contributed by atoms with Crippen LogP contribution in [0.4, 0.5) is 0 Å². The molecule has 0 spiro atoms. The van der Waals surface area contributed by atoms with Gasteiger partial charge in [0.1, 0.15) is 0 Å². The van der Waals surface area contributed by atoms with Gasteiger partial charge in [0.05, 0.1) is 17.6 Å². The summed E-state index contributed by atoms with van der Waals surface area (Å²) in [5.74, 6) is -0.735. The Balaban J connectivity index is 2.15. The zero-order valence-electron chi connectivity index (χ0n) is 12.8. The molecule has 0 amide bonds. The molecule has 1 N–H and O–H groups in total. The molecule has 0 fully saturated rings. The molecule has 22 heavy (non-hydrogen) atoms. The summed E-state index contributed by atoms with van der Waals surface area (Å²) >= 11 is 0. The van der Waals surface area contributed by atoms with E-state index in [2.05, 4.69) is 44.2 Å². The largest absolute Gasteiger partial charge is 0.478 e. The third-order valence-electron chi connectivity index (χ3n) is 3.80. The van der Waals surface area contributed by atoms with Gasteiger partial charge < -0.3 is 5.11 Å². The van der Waals surface area contributed by atoms with Crippen LogP contribution < -0.4 is 0 Å². The predicted octanol–water partition coefficient (Wildman–Crippen LogP) is 4.36. The molecule has 0 aliphatic carbocycles. The molecule has 0 aromatic heterocycles. The first-order valence-corrected chi connectivity index (χ1v) is 7.33. The van der Waals surface area contributed by atoms with E-state index in [4.69, 9.17) is 5.11 Å². The van der Waals surface area contributed by atoms with E-state index in [9.17, 15) is 10.1 Å². The van der Waals surface area contributed by atoms with E-state index in [0.717, 1.165) is 11.1 Å². The highest BCUT2D eigenvalue weighted by Crippen LogP contribution is 2.22. The Kier molecular flexibility index (Phi) is 4.95. The summed E-state index contributed by atoms with van der Waals surface area (Å²) in [6, 6.07) is 17.2. The minimum atomic E-state index is -0.954. The fourth-order valence-corrected chi connectivity index (χ4v) is 2.37. The molecular formula is C19H19NO2. The van der Waals surface area contributed by atoms with Crippen LogP contribution in [0.5, 0.6) is 0 Å². The van der Waals surface area contributed by atoms with Gasteiger partial charge in [0.2, 0.25) is 0 Å². The number of benzene rings is 2. The molecule has 1 atom stereocenters. The van der Waals surface area contributed by atoms with Crippen molar-refractivity contribution in [3.05, 3.63) is 70.8 Å². The minimum Gasteiger partial charge on any atom is -0.478 e. The van der Waals surface area contributed by atoms with E-state index in [-0.39, 0.29) is 11.5 Å². The summed E-state index contributed by atoms with van der Waals surface area (Å²) in [5, 5.41) is 18.3. The zero-order valence-corrected chi connectivity index (χ0v) is 12.8. The van der Waals surface area contributed by atoms with Crippen molar-refractivity contribution >= 4 is 5.97 Å². The summed E-state index contributed by atoms with van der Waals surface area (Å²) in [6.45, 7) is 4.30. The number of nitriles is 1. The van der Waals surface area contributed by atoms with E-state index in [1.54, 1.807) is 24.3 Å². The standard InChI is InChI=1S/C19H19NO2/c1-13(2)15-5-3-14(4-6-15)11-18(12-20)16-7-9-17(10-8-16)19(21)22/h3-10,13,18H,11H2,1-2H3,(H,21,22). The van der Waals surface area contributed by atoms with Crippen LogP contribution in [-0.4, -0.2) is 11.1 Å². The lowest BCUT2D eigenvalue weighted by atomic mass is 9.91. The molecule has 2 aromatic rings. The number of hydrogen-bond acceptors (Lipinski definition) is 2. The van der Waals surface area contributed by atoms with Crippen molar-refractivity contribution in [2.75, 3.05) is 0 Å². The Labute approximate surface area is 130 Å². The molecule has 0 bridgehead atoms. The monoisotopic (exact) mass is 293 g/mol. The predicted molar refractivity (Wildman–Crippen MR) is 86.0 cm³/mol. The second-order valence-electron chi connectivity index (χ2n) is 5.71. The van der Waals surface area contributed by atoms with Gasteiger partial charge in [0, 0.05) is 0 Å². The van der Waals surface area contributed by atoms with Gasteiger partial charge >= 0.3 is 5.97 Å². The maximum absolute atomic E-state index is 10.9.